The minimum atomic E-state index is -1.53. The van der Waals surface area contributed by atoms with E-state index in [4.69, 9.17) is 23.7 Å². The number of esters is 1. The van der Waals surface area contributed by atoms with Crippen molar-refractivity contribution in [3.8, 4) is 17.2 Å². The van der Waals surface area contributed by atoms with Crippen molar-refractivity contribution >= 4 is 23.6 Å². The maximum atomic E-state index is 15.0. The zero-order chi connectivity index (χ0) is 35.0. The van der Waals surface area contributed by atoms with Crippen molar-refractivity contribution < 1.29 is 38.1 Å². The number of carbonyl (C=O) groups excluding carboxylic acids is 3. The number of ether oxygens (including phenoxy) is 5. The van der Waals surface area contributed by atoms with Crippen LogP contribution in [0.2, 0.25) is 0 Å². The van der Waals surface area contributed by atoms with Gasteiger partial charge < -0.3 is 23.7 Å². The maximum Gasteiger partial charge on any atom is 0.333 e. The van der Waals surface area contributed by atoms with Crippen LogP contribution in [-0.4, -0.2) is 54.2 Å². The lowest BCUT2D eigenvalue weighted by atomic mass is 9.51. The van der Waals surface area contributed by atoms with Gasteiger partial charge in [0.2, 0.25) is 0 Å². The van der Waals surface area contributed by atoms with E-state index in [9.17, 15) is 9.59 Å². The summed E-state index contributed by atoms with van der Waals surface area (Å²) in [6.07, 6.45) is 14.4. The van der Waals surface area contributed by atoms with E-state index < -0.39 is 34.3 Å². The number of allylic oxidation sites excluding steroid dienone is 5. The Morgan fingerprint density at radius 1 is 0.979 bits per heavy atom. The molecule has 0 aromatic heterocycles. The molecule has 3 aliphatic carbocycles. The van der Waals surface area contributed by atoms with Gasteiger partial charge in [-0.25, -0.2) is 4.79 Å². The number of fused-ring (bicyclic) bond motifs is 2. The van der Waals surface area contributed by atoms with Gasteiger partial charge in [-0.1, -0.05) is 35.5 Å². The Kier molecular flexibility index (Phi) is 8.22. The topological polar surface area (TPSA) is 97.4 Å². The molecule has 1 saturated heterocycles. The number of Topliss-reactive ketones (excluding diaryl/α,β-unsaturated/α-hetero) is 2. The molecule has 5 atom stereocenters. The van der Waals surface area contributed by atoms with E-state index in [-0.39, 0.29) is 23.9 Å². The molecule has 48 heavy (non-hydrogen) atoms. The third-order valence-corrected chi connectivity index (χ3v) is 10.8. The maximum absolute atomic E-state index is 15.0. The second-order valence-electron chi connectivity index (χ2n) is 15.1. The van der Waals surface area contributed by atoms with Gasteiger partial charge in [0.25, 0.3) is 0 Å². The van der Waals surface area contributed by atoms with Gasteiger partial charge in [0.1, 0.15) is 28.4 Å². The Balaban J connectivity index is 1.60. The van der Waals surface area contributed by atoms with Gasteiger partial charge >= 0.3 is 5.97 Å². The quantitative estimate of drug-likeness (QED) is 0.152. The van der Waals surface area contributed by atoms with Gasteiger partial charge in [-0.3, -0.25) is 9.59 Å². The molecule has 0 unspecified atom stereocenters. The van der Waals surface area contributed by atoms with Crippen LogP contribution in [-0.2, 0) is 25.5 Å². The lowest BCUT2D eigenvalue weighted by Crippen LogP contribution is -2.72. The molecule has 4 bridgehead atoms. The lowest BCUT2D eigenvalue weighted by molar-refractivity contribution is -0.171. The van der Waals surface area contributed by atoms with Crippen molar-refractivity contribution in [2.75, 3.05) is 14.2 Å². The fourth-order valence-corrected chi connectivity index (χ4v) is 8.52. The largest absolute Gasteiger partial charge is 0.495 e. The lowest BCUT2D eigenvalue weighted by Gasteiger charge is -2.56. The molecule has 1 saturated carbocycles. The molecule has 2 fully saturated rings. The van der Waals surface area contributed by atoms with Crippen LogP contribution < -0.4 is 14.2 Å². The minimum Gasteiger partial charge on any atom is -0.495 e. The van der Waals surface area contributed by atoms with Crippen LogP contribution in [0.4, 0.5) is 0 Å². The van der Waals surface area contributed by atoms with E-state index >= 15 is 4.79 Å². The summed E-state index contributed by atoms with van der Waals surface area (Å²) >= 11 is 0. The fourth-order valence-electron chi connectivity index (χ4n) is 8.52. The molecule has 6 aliphatic rings. The first kappa shape index (κ1) is 34.0. The van der Waals surface area contributed by atoms with Crippen molar-refractivity contribution in [3.05, 3.63) is 69.4 Å². The molecule has 3 aliphatic heterocycles. The first-order valence-electron chi connectivity index (χ1n) is 16.9. The normalized spacial score (nSPS) is 30.3. The Labute approximate surface area is 283 Å². The highest BCUT2D eigenvalue weighted by Gasteiger charge is 2.81. The highest BCUT2D eigenvalue weighted by molar-refractivity contribution is 6.19. The summed E-state index contributed by atoms with van der Waals surface area (Å²) in [4.78, 5) is 41.9. The van der Waals surface area contributed by atoms with Crippen molar-refractivity contribution in [2.24, 2.45) is 11.8 Å². The van der Waals surface area contributed by atoms with Gasteiger partial charge in [-0.2, -0.15) is 0 Å². The van der Waals surface area contributed by atoms with Crippen LogP contribution in [0.1, 0.15) is 103 Å². The molecule has 0 radical (unpaired) electrons. The summed E-state index contributed by atoms with van der Waals surface area (Å²) < 4.78 is 32.1. The predicted octanol–water partition coefficient (Wildman–Crippen LogP) is 7.63. The monoisotopic (exact) mass is 656 g/mol. The van der Waals surface area contributed by atoms with Crippen LogP contribution in [0.3, 0.4) is 0 Å². The third-order valence-electron chi connectivity index (χ3n) is 10.8. The zero-order valence-electron chi connectivity index (χ0n) is 29.9. The van der Waals surface area contributed by atoms with Gasteiger partial charge in [-0.05, 0) is 93.2 Å². The second kappa shape index (κ2) is 11.6. The molecule has 0 N–H and O–H groups in total. The minimum absolute atomic E-state index is 0.0518. The number of rotatable bonds is 9. The average molecular weight is 657 g/mol. The van der Waals surface area contributed by atoms with E-state index in [1.54, 1.807) is 26.2 Å². The Morgan fingerprint density at radius 3 is 2.33 bits per heavy atom. The first-order valence-corrected chi connectivity index (χ1v) is 16.9. The molecule has 8 nitrogen and oxygen atoms in total. The third kappa shape index (κ3) is 4.85. The van der Waals surface area contributed by atoms with Gasteiger partial charge in [-0.15, -0.1) is 0 Å². The molecule has 1 aromatic rings. The van der Waals surface area contributed by atoms with Crippen molar-refractivity contribution in [1.82, 2.24) is 0 Å². The highest BCUT2D eigenvalue weighted by Crippen LogP contribution is 2.68. The molecule has 256 valence electrons. The zero-order valence-corrected chi connectivity index (χ0v) is 29.9. The van der Waals surface area contributed by atoms with Crippen LogP contribution in [0.5, 0.6) is 17.2 Å². The Morgan fingerprint density at radius 2 is 1.69 bits per heavy atom. The summed E-state index contributed by atoms with van der Waals surface area (Å²) in [6, 6.07) is 0. The van der Waals surface area contributed by atoms with Crippen LogP contribution in [0, 0.1) is 11.8 Å². The van der Waals surface area contributed by atoms with E-state index in [1.165, 1.54) is 12.7 Å². The van der Waals surface area contributed by atoms with E-state index in [0.29, 0.717) is 52.4 Å². The average Bonchev–Trinajstić information content (AvgIpc) is 3.18. The van der Waals surface area contributed by atoms with E-state index in [2.05, 4.69) is 32.9 Å². The predicted molar refractivity (Wildman–Crippen MR) is 184 cm³/mol. The Hall–Kier alpha value is -3.91. The molecule has 0 amide bonds. The summed E-state index contributed by atoms with van der Waals surface area (Å²) in [5.74, 6) is -0.337. The number of ketones is 2. The van der Waals surface area contributed by atoms with Gasteiger partial charge in [0, 0.05) is 35.0 Å². The summed E-state index contributed by atoms with van der Waals surface area (Å²) in [5, 5.41) is 0. The van der Waals surface area contributed by atoms with Crippen molar-refractivity contribution in [3.63, 3.8) is 0 Å². The summed E-state index contributed by atoms with van der Waals surface area (Å²) in [7, 11) is 2.88. The number of hydrogen-bond donors (Lipinski definition) is 0. The smallest absolute Gasteiger partial charge is 0.333 e. The SMILES string of the molecule is COC(=O)/C(C)=C\C[C@@]12OC(C)(C)[C@@H]3C[C@@H](C=C4C(=O)c5c(OC)c6c(c(CC=C(C)C)c5O[C@]431)O[C@](C)(CCC=C(C)C)C=C6)C2=O. The Bertz CT molecular complexity index is 1760. The highest BCUT2D eigenvalue weighted by atomic mass is 16.6. The standard InChI is InChI=1S/C40H48O8/c1-22(2)12-11-17-38(8)18-16-27-32(46-38)26(14-13-23(3)4)34-30(33(27)44-9)31(41)28-20-25-21-29-37(6,7)48-39(35(25)42,40(28,29)47-34)19-15-24(5)36(43)45-10/h12-13,15-16,18,20,25,29H,11,14,17,19,21H2,1-10H3/b24-15-/t25-,29+,38-,39+,40-/m1/s1. The second-order valence-corrected chi connectivity index (χ2v) is 15.1. The molecular weight excluding hydrogens is 608 g/mol. The first-order chi connectivity index (χ1) is 22.6. The fraction of sp³-hybridized carbons (Fsp3) is 0.525. The summed E-state index contributed by atoms with van der Waals surface area (Å²) in [5.41, 5.74) is 0.506. The number of benzene rings is 1. The molecule has 3 heterocycles. The van der Waals surface area contributed by atoms with E-state index in [0.717, 1.165) is 24.0 Å². The number of carbonyl (C=O) groups is 3. The molecule has 7 rings (SSSR count). The molecular formula is C40H48O8. The van der Waals surface area contributed by atoms with E-state index in [1.807, 2.05) is 39.8 Å². The molecule has 1 aromatic carbocycles. The van der Waals surface area contributed by atoms with Crippen molar-refractivity contribution in [2.45, 2.75) is 110 Å². The van der Waals surface area contributed by atoms with Gasteiger partial charge in [0.15, 0.2) is 22.8 Å². The van der Waals surface area contributed by atoms with Crippen LogP contribution in [0.15, 0.2) is 52.7 Å². The van der Waals surface area contributed by atoms with Crippen LogP contribution >= 0.6 is 0 Å². The van der Waals surface area contributed by atoms with Gasteiger partial charge in [0.05, 0.1) is 25.4 Å². The molecule has 1 spiro atoms. The van der Waals surface area contributed by atoms with Crippen molar-refractivity contribution in [1.29, 1.82) is 0 Å². The summed E-state index contributed by atoms with van der Waals surface area (Å²) in [6.45, 7) is 15.9. The molecule has 8 heteroatoms. The van der Waals surface area contributed by atoms with Crippen LogP contribution in [0.25, 0.3) is 6.08 Å². The number of methoxy groups -OCH3 is 2. The number of hydrogen-bond acceptors (Lipinski definition) is 8.